The quantitative estimate of drug-likeness (QED) is 0.841. The Balaban J connectivity index is 2.40. The van der Waals surface area contributed by atoms with Crippen LogP contribution in [-0.4, -0.2) is 42.2 Å². The molecule has 0 aliphatic heterocycles. The van der Waals surface area contributed by atoms with Crippen molar-refractivity contribution in [3.8, 4) is 0 Å². The van der Waals surface area contributed by atoms with Crippen LogP contribution in [0.5, 0.6) is 0 Å². The molecule has 1 unspecified atom stereocenters. The fourth-order valence-corrected chi connectivity index (χ4v) is 3.15. The Hall–Kier alpha value is -1.11. The number of hydrogen-bond acceptors (Lipinski definition) is 5. The summed E-state index contributed by atoms with van der Waals surface area (Å²) in [5.74, 6) is 1.05. The minimum atomic E-state index is 0.302. The van der Waals surface area contributed by atoms with Crippen molar-refractivity contribution < 1.29 is 4.74 Å². The second-order valence-corrected chi connectivity index (χ2v) is 5.44. The Morgan fingerprint density at radius 1 is 1.58 bits per heavy atom. The van der Waals surface area contributed by atoms with Gasteiger partial charge in [-0.05, 0) is 20.4 Å². The van der Waals surface area contributed by atoms with E-state index in [1.165, 1.54) is 5.69 Å². The molecule has 0 saturated heterocycles. The van der Waals surface area contributed by atoms with Gasteiger partial charge in [0.25, 0.3) is 0 Å². The van der Waals surface area contributed by atoms with Crippen molar-refractivity contribution in [1.29, 1.82) is 0 Å². The third kappa shape index (κ3) is 2.75. The van der Waals surface area contributed by atoms with E-state index >= 15 is 0 Å². The predicted octanol–water partition coefficient (Wildman–Crippen LogP) is 1.76. The maximum absolute atomic E-state index is 5.74. The lowest BCUT2D eigenvalue weighted by Gasteiger charge is -2.28. The lowest BCUT2D eigenvalue weighted by atomic mass is 10.2. The van der Waals surface area contributed by atoms with Crippen LogP contribution in [0.2, 0.25) is 0 Å². The first kappa shape index (κ1) is 14.3. The molecule has 0 saturated carbocycles. The first-order valence-corrected chi connectivity index (χ1v) is 7.50. The number of imidazole rings is 1. The van der Waals surface area contributed by atoms with Crippen molar-refractivity contribution >= 4 is 22.1 Å². The van der Waals surface area contributed by atoms with Crippen LogP contribution in [0.15, 0.2) is 11.6 Å². The lowest BCUT2D eigenvalue weighted by Crippen LogP contribution is -2.37. The molecule has 6 heteroatoms. The first-order valence-electron chi connectivity index (χ1n) is 6.63. The Bertz CT molecular complexity index is 522. The Kier molecular flexibility index (Phi) is 4.79. The van der Waals surface area contributed by atoms with Gasteiger partial charge in [0.2, 0.25) is 0 Å². The number of thiazole rings is 1. The maximum Gasteiger partial charge on any atom is 0.195 e. The number of rotatable bonds is 7. The number of nitrogens with zero attached hydrogens (tertiary/aromatic N) is 3. The standard InChI is InChI=1S/C13H22N4OS/c1-4-16(10(2)9-18-3)12-11(5-6-14)17-7-8-19-13(17)15-12/h7-8,10H,4-6,9,14H2,1-3H3. The molecule has 0 aromatic carbocycles. The van der Waals surface area contributed by atoms with Crippen LogP contribution in [0.1, 0.15) is 19.5 Å². The lowest BCUT2D eigenvalue weighted by molar-refractivity contribution is 0.181. The van der Waals surface area contributed by atoms with Gasteiger partial charge >= 0.3 is 0 Å². The summed E-state index contributed by atoms with van der Waals surface area (Å²) in [6, 6.07) is 0.302. The van der Waals surface area contributed by atoms with Crippen LogP contribution in [0.4, 0.5) is 5.82 Å². The van der Waals surface area contributed by atoms with E-state index < -0.39 is 0 Å². The summed E-state index contributed by atoms with van der Waals surface area (Å²) in [6.45, 7) is 6.54. The van der Waals surface area contributed by atoms with Crippen molar-refractivity contribution in [1.82, 2.24) is 9.38 Å². The zero-order valence-electron chi connectivity index (χ0n) is 11.8. The van der Waals surface area contributed by atoms with Gasteiger partial charge in [0.05, 0.1) is 18.3 Å². The fourth-order valence-electron chi connectivity index (χ4n) is 2.42. The number of anilines is 1. The highest BCUT2D eigenvalue weighted by molar-refractivity contribution is 7.15. The minimum Gasteiger partial charge on any atom is -0.383 e. The highest BCUT2D eigenvalue weighted by Gasteiger charge is 2.21. The summed E-state index contributed by atoms with van der Waals surface area (Å²) in [7, 11) is 1.73. The van der Waals surface area contributed by atoms with Gasteiger partial charge in [0, 0.05) is 31.7 Å². The van der Waals surface area contributed by atoms with E-state index in [9.17, 15) is 0 Å². The predicted molar refractivity (Wildman–Crippen MR) is 80.2 cm³/mol. The average Bonchev–Trinajstić information content (AvgIpc) is 2.95. The third-order valence-electron chi connectivity index (χ3n) is 3.27. The first-order chi connectivity index (χ1) is 9.22. The molecule has 0 aliphatic rings. The van der Waals surface area contributed by atoms with Crippen LogP contribution in [0, 0.1) is 0 Å². The van der Waals surface area contributed by atoms with E-state index in [0.717, 1.165) is 23.7 Å². The number of ether oxygens (including phenoxy) is 1. The largest absolute Gasteiger partial charge is 0.383 e. The molecule has 1 atom stereocenters. The highest BCUT2D eigenvalue weighted by atomic mass is 32.1. The molecule has 19 heavy (non-hydrogen) atoms. The van der Waals surface area contributed by atoms with Crippen LogP contribution in [-0.2, 0) is 11.2 Å². The maximum atomic E-state index is 5.74. The minimum absolute atomic E-state index is 0.302. The zero-order valence-corrected chi connectivity index (χ0v) is 12.6. The number of aromatic nitrogens is 2. The van der Waals surface area contributed by atoms with Crippen molar-refractivity contribution in [3.63, 3.8) is 0 Å². The number of fused-ring (bicyclic) bond motifs is 1. The van der Waals surface area contributed by atoms with Gasteiger partial charge in [-0.15, -0.1) is 11.3 Å². The Labute approximate surface area is 118 Å². The molecule has 5 nitrogen and oxygen atoms in total. The van der Waals surface area contributed by atoms with E-state index in [0.29, 0.717) is 19.2 Å². The summed E-state index contributed by atoms with van der Waals surface area (Å²) >= 11 is 1.65. The molecule has 0 spiro atoms. The van der Waals surface area contributed by atoms with Gasteiger partial charge in [-0.1, -0.05) is 0 Å². The van der Waals surface area contributed by atoms with Gasteiger partial charge in [0.15, 0.2) is 10.8 Å². The van der Waals surface area contributed by atoms with Gasteiger partial charge < -0.3 is 15.4 Å². The van der Waals surface area contributed by atoms with Gasteiger partial charge in [-0.3, -0.25) is 4.40 Å². The van der Waals surface area contributed by atoms with E-state index in [1.54, 1.807) is 18.4 Å². The number of hydrogen-bond donors (Lipinski definition) is 1. The SMILES string of the molecule is CCN(c1nc2sccn2c1CCN)C(C)COC. The second-order valence-electron chi connectivity index (χ2n) is 4.57. The summed E-state index contributed by atoms with van der Waals surface area (Å²) in [4.78, 5) is 8.08. The van der Waals surface area contributed by atoms with Crippen LogP contribution < -0.4 is 10.6 Å². The third-order valence-corrected chi connectivity index (χ3v) is 4.03. The smallest absolute Gasteiger partial charge is 0.195 e. The molecule has 2 N–H and O–H groups in total. The summed E-state index contributed by atoms with van der Waals surface area (Å²) in [5, 5.41) is 2.06. The van der Waals surface area contributed by atoms with Crippen molar-refractivity contribution in [3.05, 3.63) is 17.3 Å². The molecule has 2 aromatic rings. The zero-order chi connectivity index (χ0) is 13.8. The topological polar surface area (TPSA) is 55.8 Å². The van der Waals surface area contributed by atoms with Gasteiger partial charge in [-0.25, -0.2) is 4.98 Å². The van der Waals surface area contributed by atoms with Crippen LogP contribution in [0.25, 0.3) is 4.96 Å². The molecular weight excluding hydrogens is 260 g/mol. The molecule has 0 fully saturated rings. The van der Waals surface area contributed by atoms with Crippen molar-refractivity contribution in [2.45, 2.75) is 26.3 Å². The molecular formula is C13H22N4OS. The number of likely N-dealkylation sites (N-methyl/N-ethyl adjacent to an activating group) is 1. The molecule has 2 rings (SSSR count). The molecule has 0 aliphatic carbocycles. The Morgan fingerprint density at radius 3 is 3.00 bits per heavy atom. The Morgan fingerprint density at radius 2 is 2.37 bits per heavy atom. The van der Waals surface area contributed by atoms with Gasteiger partial charge in [0.1, 0.15) is 0 Å². The monoisotopic (exact) mass is 282 g/mol. The molecule has 2 aromatic heterocycles. The molecule has 0 amide bonds. The van der Waals surface area contributed by atoms with Crippen LogP contribution in [0.3, 0.4) is 0 Å². The van der Waals surface area contributed by atoms with Crippen molar-refractivity contribution in [2.75, 3.05) is 31.7 Å². The van der Waals surface area contributed by atoms with E-state index in [4.69, 9.17) is 15.5 Å². The summed E-state index contributed by atoms with van der Waals surface area (Å²) < 4.78 is 7.41. The van der Waals surface area contributed by atoms with E-state index in [1.807, 2.05) is 0 Å². The molecule has 0 bridgehead atoms. The molecule has 106 valence electrons. The average molecular weight is 282 g/mol. The number of nitrogens with two attached hydrogens (primary N) is 1. The van der Waals surface area contributed by atoms with Crippen LogP contribution >= 0.6 is 11.3 Å². The second kappa shape index (κ2) is 6.36. The molecule has 2 heterocycles. The van der Waals surface area contributed by atoms with Crippen molar-refractivity contribution in [2.24, 2.45) is 5.73 Å². The summed E-state index contributed by atoms with van der Waals surface area (Å²) in [6.07, 6.45) is 2.90. The molecule has 0 radical (unpaired) electrons. The fraction of sp³-hybridized carbons (Fsp3) is 0.615. The van der Waals surface area contributed by atoms with Gasteiger partial charge in [-0.2, -0.15) is 0 Å². The number of methoxy groups -OCH3 is 1. The normalized spacial score (nSPS) is 13.1. The summed E-state index contributed by atoms with van der Waals surface area (Å²) in [5.41, 5.74) is 6.94. The van der Waals surface area contributed by atoms with E-state index in [-0.39, 0.29) is 0 Å². The van der Waals surface area contributed by atoms with E-state index in [2.05, 4.69) is 34.7 Å². The highest BCUT2D eigenvalue weighted by Crippen LogP contribution is 2.26.